The van der Waals surface area contributed by atoms with Crippen molar-refractivity contribution in [3.05, 3.63) is 34.2 Å². The summed E-state index contributed by atoms with van der Waals surface area (Å²) in [6.07, 6.45) is 0.109. The monoisotopic (exact) mass is 208 g/mol. The van der Waals surface area contributed by atoms with Crippen molar-refractivity contribution >= 4 is 0 Å². The fourth-order valence-electron chi connectivity index (χ4n) is 1.80. The molecule has 2 rings (SSSR count). The van der Waals surface area contributed by atoms with Crippen LogP contribution in [0.25, 0.3) is 0 Å². The van der Waals surface area contributed by atoms with E-state index in [1.54, 1.807) is 16.7 Å². The van der Waals surface area contributed by atoms with Crippen LogP contribution < -0.4 is 10.9 Å². The van der Waals surface area contributed by atoms with E-state index in [9.17, 15) is 4.79 Å². The molecule has 15 heavy (non-hydrogen) atoms. The van der Waals surface area contributed by atoms with Crippen molar-refractivity contribution < 1.29 is 4.74 Å². The number of hydrogen-bond acceptors (Lipinski definition) is 3. The summed E-state index contributed by atoms with van der Waals surface area (Å²) in [6, 6.07) is 5.31. The first-order valence-corrected chi connectivity index (χ1v) is 5.26. The molecule has 1 unspecified atom stereocenters. The maximum Gasteiger partial charge on any atom is 0.250 e. The van der Waals surface area contributed by atoms with Crippen LogP contribution in [0, 0.1) is 6.92 Å². The molecule has 0 spiro atoms. The third kappa shape index (κ3) is 2.46. The molecule has 4 nitrogen and oxygen atoms in total. The van der Waals surface area contributed by atoms with Crippen molar-refractivity contribution in [1.29, 1.82) is 0 Å². The van der Waals surface area contributed by atoms with Crippen LogP contribution in [0.1, 0.15) is 5.69 Å². The van der Waals surface area contributed by atoms with Crippen molar-refractivity contribution in [2.75, 3.05) is 19.7 Å². The molecule has 1 atom stereocenters. The van der Waals surface area contributed by atoms with Gasteiger partial charge < -0.3 is 14.6 Å². The number of rotatable bonds is 2. The highest BCUT2D eigenvalue weighted by atomic mass is 16.5. The van der Waals surface area contributed by atoms with Crippen LogP contribution >= 0.6 is 0 Å². The second-order valence-corrected chi connectivity index (χ2v) is 3.81. The molecule has 0 amide bonds. The van der Waals surface area contributed by atoms with E-state index in [4.69, 9.17) is 4.74 Å². The predicted octanol–water partition coefficient (Wildman–Crippen LogP) is 0.145. The van der Waals surface area contributed by atoms with Crippen LogP contribution in [0.15, 0.2) is 23.0 Å². The number of morpholine rings is 1. The van der Waals surface area contributed by atoms with Crippen molar-refractivity contribution in [3.8, 4) is 0 Å². The van der Waals surface area contributed by atoms with Crippen molar-refractivity contribution in [1.82, 2.24) is 9.88 Å². The fourth-order valence-corrected chi connectivity index (χ4v) is 1.80. The first-order valence-electron chi connectivity index (χ1n) is 5.26. The zero-order valence-corrected chi connectivity index (χ0v) is 8.90. The number of nitrogens with zero attached hydrogens (tertiary/aromatic N) is 1. The average Bonchev–Trinajstić information content (AvgIpc) is 2.25. The summed E-state index contributed by atoms with van der Waals surface area (Å²) in [7, 11) is 0. The van der Waals surface area contributed by atoms with Gasteiger partial charge in [-0.15, -0.1) is 0 Å². The van der Waals surface area contributed by atoms with Crippen LogP contribution in [0.2, 0.25) is 0 Å². The molecule has 1 saturated heterocycles. The Balaban J connectivity index is 2.12. The second-order valence-electron chi connectivity index (χ2n) is 3.81. The number of aryl methyl sites for hydroxylation is 1. The zero-order chi connectivity index (χ0) is 10.7. The minimum Gasteiger partial charge on any atom is -0.374 e. The van der Waals surface area contributed by atoms with E-state index in [-0.39, 0.29) is 11.7 Å². The maximum atomic E-state index is 11.6. The van der Waals surface area contributed by atoms with Gasteiger partial charge in [0.2, 0.25) is 0 Å². The van der Waals surface area contributed by atoms with Gasteiger partial charge in [-0.05, 0) is 13.0 Å². The van der Waals surface area contributed by atoms with Gasteiger partial charge in [-0.1, -0.05) is 6.07 Å². The van der Waals surface area contributed by atoms with E-state index in [0.29, 0.717) is 6.54 Å². The fraction of sp³-hybridized carbons (Fsp3) is 0.545. The molecular weight excluding hydrogens is 192 g/mol. The maximum absolute atomic E-state index is 11.6. The summed E-state index contributed by atoms with van der Waals surface area (Å²) in [4.78, 5) is 11.6. The van der Waals surface area contributed by atoms with E-state index in [1.807, 2.05) is 13.0 Å². The van der Waals surface area contributed by atoms with Crippen LogP contribution in [0.4, 0.5) is 0 Å². The van der Waals surface area contributed by atoms with Crippen molar-refractivity contribution in [2.45, 2.75) is 19.6 Å². The minimum absolute atomic E-state index is 0.0455. The van der Waals surface area contributed by atoms with Crippen LogP contribution in [0.5, 0.6) is 0 Å². The number of nitrogens with one attached hydrogen (secondary N) is 1. The summed E-state index contributed by atoms with van der Waals surface area (Å²) in [5.74, 6) is 0. The Labute approximate surface area is 88.9 Å². The topological polar surface area (TPSA) is 43.3 Å². The summed E-state index contributed by atoms with van der Waals surface area (Å²) in [5.41, 5.74) is 1.03. The average molecular weight is 208 g/mol. The molecule has 1 aromatic heterocycles. The third-order valence-electron chi connectivity index (χ3n) is 2.66. The Morgan fingerprint density at radius 2 is 2.47 bits per heavy atom. The molecule has 4 heteroatoms. The lowest BCUT2D eigenvalue weighted by Crippen LogP contribution is -2.42. The molecule has 0 saturated carbocycles. The van der Waals surface area contributed by atoms with E-state index in [2.05, 4.69) is 5.32 Å². The van der Waals surface area contributed by atoms with Gasteiger partial charge >= 0.3 is 0 Å². The van der Waals surface area contributed by atoms with E-state index in [1.165, 1.54) is 0 Å². The van der Waals surface area contributed by atoms with Gasteiger partial charge in [0.1, 0.15) is 0 Å². The second kappa shape index (κ2) is 4.59. The lowest BCUT2D eigenvalue weighted by Gasteiger charge is -2.24. The van der Waals surface area contributed by atoms with Gasteiger partial charge in [-0.3, -0.25) is 4.79 Å². The van der Waals surface area contributed by atoms with E-state index >= 15 is 0 Å². The largest absolute Gasteiger partial charge is 0.374 e. The van der Waals surface area contributed by atoms with Crippen LogP contribution in [0.3, 0.4) is 0 Å². The Morgan fingerprint density at radius 1 is 1.60 bits per heavy atom. The Morgan fingerprint density at radius 3 is 3.13 bits per heavy atom. The number of hydrogen-bond donors (Lipinski definition) is 1. The molecule has 1 aliphatic rings. The third-order valence-corrected chi connectivity index (χ3v) is 2.66. The van der Waals surface area contributed by atoms with Crippen molar-refractivity contribution in [3.63, 3.8) is 0 Å². The molecule has 0 aliphatic carbocycles. The molecule has 2 heterocycles. The van der Waals surface area contributed by atoms with E-state index < -0.39 is 0 Å². The molecular formula is C11H16N2O2. The van der Waals surface area contributed by atoms with Gasteiger partial charge in [0, 0.05) is 24.8 Å². The SMILES string of the molecule is Cc1cccc(=O)n1CC1CNCCO1. The molecule has 1 aromatic rings. The van der Waals surface area contributed by atoms with Gasteiger partial charge in [0.05, 0.1) is 19.3 Å². The highest BCUT2D eigenvalue weighted by Crippen LogP contribution is 2.01. The molecule has 1 N–H and O–H groups in total. The zero-order valence-electron chi connectivity index (χ0n) is 8.90. The molecule has 0 aromatic carbocycles. The molecule has 0 bridgehead atoms. The summed E-state index contributed by atoms with van der Waals surface area (Å²) >= 11 is 0. The van der Waals surface area contributed by atoms with Gasteiger partial charge in [0.25, 0.3) is 5.56 Å². The highest BCUT2D eigenvalue weighted by Gasteiger charge is 2.14. The Bertz CT molecular complexity index is 380. The predicted molar refractivity (Wildman–Crippen MR) is 58.0 cm³/mol. The van der Waals surface area contributed by atoms with Gasteiger partial charge in [0.15, 0.2) is 0 Å². The van der Waals surface area contributed by atoms with Gasteiger partial charge in [-0.2, -0.15) is 0 Å². The quantitative estimate of drug-likeness (QED) is 0.752. The lowest BCUT2D eigenvalue weighted by atomic mass is 10.2. The normalized spacial score (nSPS) is 21.5. The number of aromatic nitrogens is 1. The summed E-state index contributed by atoms with van der Waals surface area (Å²) in [6.45, 7) is 5.03. The molecule has 82 valence electrons. The molecule has 1 fully saturated rings. The van der Waals surface area contributed by atoms with E-state index in [0.717, 1.165) is 25.4 Å². The van der Waals surface area contributed by atoms with Crippen LogP contribution in [-0.2, 0) is 11.3 Å². The van der Waals surface area contributed by atoms with Crippen LogP contribution in [-0.4, -0.2) is 30.4 Å². The number of pyridine rings is 1. The summed E-state index contributed by atoms with van der Waals surface area (Å²) < 4.78 is 7.33. The Kier molecular flexibility index (Phi) is 3.18. The van der Waals surface area contributed by atoms with Gasteiger partial charge in [-0.25, -0.2) is 0 Å². The smallest absolute Gasteiger partial charge is 0.250 e. The Hall–Kier alpha value is -1.13. The lowest BCUT2D eigenvalue weighted by molar-refractivity contribution is 0.0173. The first-order chi connectivity index (χ1) is 7.27. The minimum atomic E-state index is 0.0455. The first kappa shape index (κ1) is 10.4. The molecule has 0 radical (unpaired) electrons. The molecule has 1 aliphatic heterocycles. The summed E-state index contributed by atoms with van der Waals surface area (Å²) in [5, 5.41) is 3.25. The number of ether oxygens (including phenoxy) is 1. The standard InChI is InChI=1S/C11H16N2O2/c1-9-3-2-4-11(14)13(9)8-10-7-12-5-6-15-10/h2-4,10,12H,5-8H2,1H3. The highest BCUT2D eigenvalue weighted by molar-refractivity contribution is 5.04. The van der Waals surface area contributed by atoms with Crippen molar-refractivity contribution in [2.24, 2.45) is 0 Å².